The average molecular weight is 276 g/mol. The van der Waals surface area contributed by atoms with Gasteiger partial charge in [-0.3, -0.25) is 0 Å². The number of hydrogen-bond acceptors (Lipinski definition) is 2. The minimum atomic E-state index is -0.199. The van der Waals surface area contributed by atoms with Crippen LogP contribution in [0.4, 0.5) is 0 Å². The summed E-state index contributed by atoms with van der Waals surface area (Å²) in [5, 5.41) is 20.2. The van der Waals surface area contributed by atoms with Crippen LogP contribution in [0.5, 0.6) is 0 Å². The Balaban J connectivity index is 1.61. The Kier molecular flexibility index (Phi) is 3.05. The second-order valence-electron chi connectivity index (χ2n) is 8.17. The van der Waals surface area contributed by atoms with E-state index < -0.39 is 0 Å². The molecule has 0 aromatic heterocycles. The Hall–Kier alpha value is -0.340. The lowest BCUT2D eigenvalue weighted by atomic mass is 9.51. The van der Waals surface area contributed by atoms with Gasteiger partial charge in [0.25, 0.3) is 0 Å². The van der Waals surface area contributed by atoms with Crippen molar-refractivity contribution in [1.82, 2.24) is 0 Å². The molecular formula is C18H28O2. The monoisotopic (exact) mass is 276 g/mol. The molecule has 0 radical (unpaired) electrons. The van der Waals surface area contributed by atoms with Gasteiger partial charge in [-0.1, -0.05) is 19.1 Å². The van der Waals surface area contributed by atoms with Crippen LogP contribution >= 0.6 is 0 Å². The summed E-state index contributed by atoms with van der Waals surface area (Å²) in [5.74, 6) is 3.82. The summed E-state index contributed by atoms with van der Waals surface area (Å²) in [7, 11) is 0. The van der Waals surface area contributed by atoms with Gasteiger partial charge in [0.15, 0.2) is 0 Å². The van der Waals surface area contributed by atoms with E-state index in [1.807, 2.05) is 6.08 Å². The van der Waals surface area contributed by atoms with Crippen LogP contribution in [0.2, 0.25) is 0 Å². The van der Waals surface area contributed by atoms with Crippen LogP contribution in [-0.2, 0) is 0 Å². The lowest BCUT2D eigenvalue weighted by Crippen LogP contribution is -2.48. The molecule has 0 amide bonds. The Morgan fingerprint density at radius 2 is 1.80 bits per heavy atom. The highest BCUT2D eigenvalue weighted by Crippen LogP contribution is 2.61. The third-order valence-electron chi connectivity index (χ3n) is 7.45. The molecule has 2 heteroatoms. The highest BCUT2D eigenvalue weighted by molar-refractivity contribution is 5.11. The Morgan fingerprint density at radius 1 is 0.950 bits per heavy atom. The third-order valence-corrected chi connectivity index (χ3v) is 7.45. The Labute approximate surface area is 122 Å². The van der Waals surface area contributed by atoms with Crippen molar-refractivity contribution in [2.24, 2.45) is 35.0 Å². The smallest absolute Gasteiger partial charge is 0.0723 e. The fourth-order valence-corrected chi connectivity index (χ4v) is 6.35. The number of aliphatic hydroxyl groups excluding tert-OH is 2. The first-order valence-electron chi connectivity index (χ1n) is 8.64. The van der Waals surface area contributed by atoms with Gasteiger partial charge < -0.3 is 10.2 Å². The molecule has 3 saturated carbocycles. The van der Waals surface area contributed by atoms with Crippen LogP contribution in [0.3, 0.4) is 0 Å². The number of aliphatic hydroxyl groups is 2. The zero-order chi connectivity index (χ0) is 13.9. The second-order valence-corrected chi connectivity index (χ2v) is 8.17. The fraction of sp³-hybridized carbons (Fsp3) is 0.889. The molecule has 112 valence electrons. The van der Waals surface area contributed by atoms with Crippen molar-refractivity contribution in [2.75, 3.05) is 0 Å². The molecule has 3 fully saturated rings. The van der Waals surface area contributed by atoms with Crippen molar-refractivity contribution in [1.29, 1.82) is 0 Å². The van der Waals surface area contributed by atoms with Gasteiger partial charge in [-0.25, -0.2) is 0 Å². The fourth-order valence-electron chi connectivity index (χ4n) is 6.35. The predicted molar refractivity (Wildman–Crippen MR) is 79.0 cm³/mol. The maximum Gasteiger partial charge on any atom is 0.0723 e. The van der Waals surface area contributed by atoms with Crippen LogP contribution in [0.1, 0.15) is 51.9 Å². The first-order chi connectivity index (χ1) is 9.59. The predicted octanol–water partition coefficient (Wildman–Crippen LogP) is 3.14. The molecule has 0 saturated heterocycles. The van der Waals surface area contributed by atoms with E-state index in [2.05, 4.69) is 13.0 Å². The molecular weight excluding hydrogens is 248 g/mol. The van der Waals surface area contributed by atoms with E-state index in [0.717, 1.165) is 30.6 Å². The SMILES string of the molecule is C[C@]12CC[C@H]3[C@@H](CCC4C[C@@H](O)C=C[C@@H]43)[C@@H]1CC[C@@H]2O. The molecule has 0 spiro atoms. The van der Waals surface area contributed by atoms with E-state index in [9.17, 15) is 10.2 Å². The van der Waals surface area contributed by atoms with E-state index >= 15 is 0 Å². The molecule has 8 atom stereocenters. The number of fused-ring (bicyclic) bond motifs is 5. The van der Waals surface area contributed by atoms with Crippen molar-refractivity contribution in [3.05, 3.63) is 12.2 Å². The van der Waals surface area contributed by atoms with Gasteiger partial charge in [0, 0.05) is 0 Å². The second kappa shape index (κ2) is 4.58. The molecule has 4 aliphatic carbocycles. The average Bonchev–Trinajstić information content (AvgIpc) is 2.74. The Bertz CT molecular complexity index is 418. The summed E-state index contributed by atoms with van der Waals surface area (Å²) >= 11 is 0. The number of rotatable bonds is 0. The van der Waals surface area contributed by atoms with Gasteiger partial charge in [-0.15, -0.1) is 0 Å². The van der Waals surface area contributed by atoms with Crippen molar-refractivity contribution in [3.63, 3.8) is 0 Å². The van der Waals surface area contributed by atoms with Crippen LogP contribution in [0, 0.1) is 35.0 Å². The first kappa shape index (κ1) is 13.3. The van der Waals surface area contributed by atoms with Crippen LogP contribution in [0.15, 0.2) is 12.2 Å². The van der Waals surface area contributed by atoms with E-state index in [4.69, 9.17) is 0 Å². The molecule has 20 heavy (non-hydrogen) atoms. The van der Waals surface area contributed by atoms with Crippen molar-refractivity contribution >= 4 is 0 Å². The molecule has 4 rings (SSSR count). The largest absolute Gasteiger partial charge is 0.393 e. The van der Waals surface area contributed by atoms with Crippen LogP contribution < -0.4 is 0 Å². The molecule has 4 aliphatic rings. The maximum atomic E-state index is 10.4. The van der Waals surface area contributed by atoms with Gasteiger partial charge in [-0.2, -0.15) is 0 Å². The summed E-state index contributed by atoms with van der Waals surface area (Å²) in [6.45, 7) is 2.35. The van der Waals surface area contributed by atoms with Crippen molar-refractivity contribution in [2.45, 2.75) is 64.1 Å². The highest BCUT2D eigenvalue weighted by atomic mass is 16.3. The normalized spacial score (nSPS) is 57.9. The van der Waals surface area contributed by atoms with E-state index in [1.165, 1.54) is 32.1 Å². The first-order valence-corrected chi connectivity index (χ1v) is 8.64. The zero-order valence-electron chi connectivity index (χ0n) is 12.5. The number of hydrogen-bond donors (Lipinski definition) is 2. The van der Waals surface area contributed by atoms with Crippen molar-refractivity contribution in [3.8, 4) is 0 Å². The quantitative estimate of drug-likeness (QED) is 0.667. The molecule has 0 aliphatic heterocycles. The van der Waals surface area contributed by atoms with Crippen LogP contribution in [0.25, 0.3) is 0 Å². The third kappa shape index (κ3) is 1.77. The summed E-state index contributed by atoms with van der Waals surface area (Å²) in [6.07, 6.45) is 12.5. The van der Waals surface area contributed by atoms with Gasteiger partial charge in [-0.05, 0) is 80.0 Å². The molecule has 2 nitrogen and oxygen atoms in total. The summed E-state index contributed by atoms with van der Waals surface area (Å²) in [6, 6.07) is 0. The van der Waals surface area contributed by atoms with E-state index in [0.29, 0.717) is 11.8 Å². The molecule has 1 unspecified atom stereocenters. The van der Waals surface area contributed by atoms with Crippen molar-refractivity contribution < 1.29 is 10.2 Å². The zero-order valence-corrected chi connectivity index (χ0v) is 12.5. The van der Waals surface area contributed by atoms with Gasteiger partial charge in [0.1, 0.15) is 0 Å². The molecule has 0 aromatic carbocycles. The maximum absolute atomic E-state index is 10.4. The number of allylic oxidation sites excluding steroid dienone is 1. The highest BCUT2D eigenvalue weighted by Gasteiger charge is 2.56. The summed E-state index contributed by atoms with van der Waals surface area (Å²) in [5.41, 5.74) is 0.200. The molecule has 0 bridgehead atoms. The van der Waals surface area contributed by atoms with E-state index in [1.54, 1.807) is 0 Å². The lowest BCUT2D eigenvalue weighted by molar-refractivity contribution is -0.0703. The summed E-state index contributed by atoms with van der Waals surface area (Å²) < 4.78 is 0. The Morgan fingerprint density at radius 3 is 2.65 bits per heavy atom. The van der Waals surface area contributed by atoms with Gasteiger partial charge in [0.05, 0.1) is 12.2 Å². The minimum absolute atomic E-state index is 0.0603. The van der Waals surface area contributed by atoms with Crippen LogP contribution in [-0.4, -0.2) is 22.4 Å². The van der Waals surface area contributed by atoms with Gasteiger partial charge >= 0.3 is 0 Å². The molecule has 0 heterocycles. The minimum Gasteiger partial charge on any atom is -0.393 e. The standard InChI is InChI=1S/C18H28O2/c1-18-9-8-14-13-5-3-12(19)10-11(13)2-4-15(14)16(18)6-7-17(18)20/h3,5,11-17,19-20H,2,4,6-10H2,1H3/t11?,12-,13-,14+,15+,16-,17-,18-/m0/s1. The summed E-state index contributed by atoms with van der Waals surface area (Å²) in [4.78, 5) is 0. The van der Waals surface area contributed by atoms with E-state index in [-0.39, 0.29) is 17.6 Å². The molecule has 2 N–H and O–H groups in total. The molecule has 0 aromatic rings. The topological polar surface area (TPSA) is 40.5 Å². The van der Waals surface area contributed by atoms with Gasteiger partial charge in [0.2, 0.25) is 0 Å². The lowest BCUT2D eigenvalue weighted by Gasteiger charge is -2.54.